The highest BCUT2D eigenvalue weighted by Gasteiger charge is 2.18. The van der Waals surface area contributed by atoms with Gasteiger partial charge in [-0.25, -0.2) is 21.9 Å². The standard InChI is InChI=1S/C11H11F2NO2S/c1-2-3-4-7-14-17(15,16)11-8-9(12)5-6-10(11)13/h1,5-6,8,14H,3-4,7H2. The van der Waals surface area contributed by atoms with E-state index in [0.717, 1.165) is 12.1 Å². The van der Waals surface area contributed by atoms with Gasteiger partial charge in [-0.15, -0.1) is 12.3 Å². The summed E-state index contributed by atoms with van der Waals surface area (Å²) in [7, 11) is -4.03. The first-order valence-corrected chi connectivity index (χ1v) is 6.34. The van der Waals surface area contributed by atoms with Crippen molar-refractivity contribution in [3.05, 3.63) is 29.8 Å². The molecule has 0 unspecified atom stereocenters. The van der Waals surface area contributed by atoms with Crippen molar-refractivity contribution in [2.45, 2.75) is 17.7 Å². The zero-order valence-electron chi connectivity index (χ0n) is 8.91. The van der Waals surface area contributed by atoms with Gasteiger partial charge in [0.25, 0.3) is 0 Å². The van der Waals surface area contributed by atoms with Gasteiger partial charge in [0.2, 0.25) is 10.0 Å². The molecule has 0 heterocycles. The zero-order valence-corrected chi connectivity index (χ0v) is 9.73. The Balaban J connectivity index is 2.83. The van der Waals surface area contributed by atoms with Gasteiger partial charge in [-0.1, -0.05) is 0 Å². The summed E-state index contributed by atoms with van der Waals surface area (Å²) in [5.74, 6) is 0.546. The third kappa shape index (κ3) is 3.80. The predicted molar refractivity (Wildman–Crippen MR) is 59.6 cm³/mol. The molecule has 0 amide bonds. The smallest absolute Gasteiger partial charge is 0.211 e. The minimum atomic E-state index is -4.03. The van der Waals surface area contributed by atoms with E-state index in [1.165, 1.54) is 0 Å². The first-order valence-electron chi connectivity index (χ1n) is 4.85. The Morgan fingerprint density at radius 2 is 2.06 bits per heavy atom. The van der Waals surface area contributed by atoms with E-state index in [2.05, 4.69) is 10.6 Å². The molecule has 0 aliphatic carbocycles. The molecule has 0 fully saturated rings. The normalized spacial score (nSPS) is 11.1. The molecule has 0 radical (unpaired) electrons. The van der Waals surface area contributed by atoms with Crippen LogP contribution in [0.1, 0.15) is 12.8 Å². The van der Waals surface area contributed by atoms with E-state index in [0.29, 0.717) is 18.9 Å². The molecule has 1 aromatic rings. The lowest BCUT2D eigenvalue weighted by Gasteiger charge is -2.06. The highest BCUT2D eigenvalue weighted by Crippen LogP contribution is 2.15. The van der Waals surface area contributed by atoms with Crippen LogP contribution in [0.5, 0.6) is 0 Å². The number of unbranched alkanes of at least 4 members (excludes halogenated alkanes) is 1. The van der Waals surface area contributed by atoms with Crippen LogP contribution < -0.4 is 4.72 Å². The van der Waals surface area contributed by atoms with Crippen LogP contribution in [0.15, 0.2) is 23.1 Å². The number of nitrogens with one attached hydrogen (secondary N) is 1. The largest absolute Gasteiger partial charge is 0.243 e. The summed E-state index contributed by atoms with van der Waals surface area (Å²) >= 11 is 0. The van der Waals surface area contributed by atoms with E-state index in [1.807, 2.05) is 0 Å². The van der Waals surface area contributed by atoms with Gasteiger partial charge in [-0.2, -0.15) is 0 Å². The SMILES string of the molecule is C#CCCCNS(=O)(=O)c1cc(F)ccc1F. The molecule has 92 valence electrons. The number of benzene rings is 1. The fourth-order valence-electron chi connectivity index (χ4n) is 1.16. The lowest BCUT2D eigenvalue weighted by molar-refractivity contribution is 0.545. The maximum atomic E-state index is 13.2. The summed E-state index contributed by atoms with van der Waals surface area (Å²) in [6, 6.07) is 2.26. The van der Waals surface area contributed by atoms with Crippen LogP contribution in [0.2, 0.25) is 0 Å². The molecule has 0 saturated carbocycles. The maximum absolute atomic E-state index is 13.2. The average Bonchev–Trinajstić information content (AvgIpc) is 2.28. The lowest BCUT2D eigenvalue weighted by atomic mass is 10.3. The van der Waals surface area contributed by atoms with Crippen molar-refractivity contribution in [3.8, 4) is 12.3 Å². The molecular weight excluding hydrogens is 248 g/mol. The van der Waals surface area contributed by atoms with Crippen LogP contribution in [-0.4, -0.2) is 15.0 Å². The van der Waals surface area contributed by atoms with Crippen molar-refractivity contribution in [3.63, 3.8) is 0 Å². The van der Waals surface area contributed by atoms with Crippen LogP contribution in [0.4, 0.5) is 8.78 Å². The third-order valence-corrected chi connectivity index (χ3v) is 3.45. The van der Waals surface area contributed by atoms with Gasteiger partial charge in [0, 0.05) is 13.0 Å². The van der Waals surface area contributed by atoms with Crippen LogP contribution in [0.3, 0.4) is 0 Å². The molecule has 6 heteroatoms. The maximum Gasteiger partial charge on any atom is 0.243 e. The van der Waals surface area contributed by atoms with Crippen LogP contribution >= 0.6 is 0 Å². The number of hydrogen-bond acceptors (Lipinski definition) is 2. The van der Waals surface area contributed by atoms with Crippen LogP contribution in [0.25, 0.3) is 0 Å². The van der Waals surface area contributed by atoms with Gasteiger partial charge in [0.1, 0.15) is 16.5 Å². The van der Waals surface area contributed by atoms with Crippen molar-refractivity contribution in [2.24, 2.45) is 0 Å². The van der Waals surface area contributed by atoms with Crippen molar-refractivity contribution < 1.29 is 17.2 Å². The molecule has 17 heavy (non-hydrogen) atoms. The van der Waals surface area contributed by atoms with Gasteiger partial charge < -0.3 is 0 Å². The fraction of sp³-hybridized carbons (Fsp3) is 0.273. The summed E-state index contributed by atoms with van der Waals surface area (Å²) < 4.78 is 51.4. The molecule has 0 aliphatic heterocycles. The highest BCUT2D eigenvalue weighted by molar-refractivity contribution is 7.89. The van der Waals surface area contributed by atoms with Crippen molar-refractivity contribution >= 4 is 10.0 Å². The minimum Gasteiger partial charge on any atom is -0.211 e. The Morgan fingerprint density at radius 1 is 1.35 bits per heavy atom. The molecule has 0 aliphatic rings. The Kier molecular flexibility index (Phi) is 4.61. The number of hydrogen-bond donors (Lipinski definition) is 1. The number of sulfonamides is 1. The van der Waals surface area contributed by atoms with E-state index in [9.17, 15) is 17.2 Å². The second-order valence-corrected chi connectivity index (χ2v) is 5.02. The van der Waals surface area contributed by atoms with E-state index in [-0.39, 0.29) is 6.54 Å². The summed E-state index contributed by atoms with van der Waals surface area (Å²) in [5, 5.41) is 0. The van der Waals surface area contributed by atoms with Gasteiger partial charge in [-0.3, -0.25) is 0 Å². The number of rotatable bonds is 5. The Bertz CT molecular complexity index is 535. The number of terminal acetylenes is 1. The summed E-state index contributed by atoms with van der Waals surface area (Å²) in [6.07, 6.45) is 5.84. The lowest BCUT2D eigenvalue weighted by Crippen LogP contribution is -2.25. The van der Waals surface area contributed by atoms with Gasteiger partial charge in [-0.05, 0) is 24.6 Å². The Hall–Kier alpha value is -1.45. The fourth-order valence-corrected chi connectivity index (χ4v) is 2.32. The molecule has 1 aromatic carbocycles. The summed E-state index contributed by atoms with van der Waals surface area (Å²) in [6.45, 7) is 0.0858. The topological polar surface area (TPSA) is 46.2 Å². The number of halogens is 2. The first-order chi connectivity index (χ1) is 7.97. The summed E-state index contributed by atoms with van der Waals surface area (Å²) in [4.78, 5) is -0.696. The third-order valence-electron chi connectivity index (χ3n) is 1.97. The van der Waals surface area contributed by atoms with Crippen molar-refractivity contribution in [1.29, 1.82) is 0 Å². The second kappa shape index (κ2) is 5.75. The molecule has 0 aromatic heterocycles. The average molecular weight is 259 g/mol. The summed E-state index contributed by atoms with van der Waals surface area (Å²) in [5.41, 5.74) is 0. The molecule has 0 spiro atoms. The first kappa shape index (κ1) is 13.6. The van der Waals surface area contributed by atoms with Gasteiger partial charge in [0.15, 0.2) is 0 Å². The quantitative estimate of drug-likeness (QED) is 0.645. The van der Waals surface area contributed by atoms with Crippen LogP contribution in [0, 0.1) is 24.0 Å². The predicted octanol–water partition coefficient (Wildman–Crippen LogP) is 1.66. The zero-order chi connectivity index (χ0) is 12.9. The van der Waals surface area contributed by atoms with Crippen LogP contribution in [-0.2, 0) is 10.0 Å². The van der Waals surface area contributed by atoms with E-state index < -0.39 is 26.6 Å². The van der Waals surface area contributed by atoms with Gasteiger partial charge >= 0.3 is 0 Å². The molecule has 3 nitrogen and oxygen atoms in total. The minimum absolute atomic E-state index is 0.0858. The monoisotopic (exact) mass is 259 g/mol. The molecule has 1 N–H and O–H groups in total. The molecule has 1 rings (SSSR count). The van der Waals surface area contributed by atoms with Crippen molar-refractivity contribution in [1.82, 2.24) is 4.72 Å². The molecule has 0 atom stereocenters. The van der Waals surface area contributed by atoms with Gasteiger partial charge in [0.05, 0.1) is 0 Å². The molecular formula is C11H11F2NO2S. The van der Waals surface area contributed by atoms with Crippen molar-refractivity contribution in [2.75, 3.05) is 6.54 Å². The molecule has 0 bridgehead atoms. The molecule has 0 saturated heterocycles. The van der Waals surface area contributed by atoms with E-state index in [1.54, 1.807) is 0 Å². The van der Waals surface area contributed by atoms with E-state index >= 15 is 0 Å². The highest BCUT2D eigenvalue weighted by atomic mass is 32.2. The van der Waals surface area contributed by atoms with E-state index in [4.69, 9.17) is 6.42 Å². The Labute approximate surface area is 98.9 Å². The second-order valence-electron chi connectivity index (χ2n) is 3.28. The Morgan fingerprint density at radius 3 is 2.71 bits per heavy atom.